The SMILES string of the molecule is Cc1ccc(CNc2ncc(C(=O)Nc3ccccc3C(C)C)cn2)cc1. The van der Waals surface area contributed by atoms with Crippen LogP contribution in [0.25, 0.3) is 0 Å². The fraction of sp³-hybridized carbons (Fsp3) is 0.227. The Morgan fingerprint density at radius 2 is 1.67 bits per heavy atom. The van der Waals surface area contributed by atoms with Gasteiger partial charge in [0.15, 0.2) is 0 Å². The van der Waals surface area contributed by atoms with Crippen LogP contribution in [0.15, 0.2) is 60.9 Å². The highest BCUT2D eigenvalue weighted by molar-refractivity contribution is 6.04. The van der Waals surface area contributed by atoms with Gasteiger partial charge in [0.1, 0.15) is 0 Å². The Morgan fingerprint density at radius 3 is 2.33 bits per heavy atom. The number of benzene rings is 2. The van der Waals surface area contributed by atoms with E-state index in [9.17, 15) is 4.79 Å². The zero-order valence-electron chi connectivity index (χ0n) is 15.9. The van der Waals surface area contributed by atoms with Crippen molar-refractivity contribution in [3.63, 3.8) is 0 Å². The van der Waals surface area contributed by atoms with Gasteiger partial charge in [-0.1, -0.05) is 61.9 Å². The molecule has 5 heteroatoms. The van der Waals surface area contributed by atoms with Gasteiger partial charge in [-0.2, -0.15) is 0 Å². The molecule has 2 aromatic carbocycles. The monoisotopic (exact) mass is 360 g/mol. The van der Waals surface area contributed by atoms with Crippen molar-refractivity contribution in [2.45, 2.75) is 33.2 Å². The van der Waals surface area contributed by atoms with Crippen LogP contribution in [0.2, 0.25) is 0 Å². The first kappa shape index (κ1) is 18.6. The highest BCUT2D eigenvalue weighted by Gasteiger charge is 2.11. The van der Waals surface area contributed by atoms with Gasteiger partial charge in [-0.3, -0.25) is 4.79 Å². The Labute approximate surface area is 159 Å². The Balaban J connectivity index is 1.63. The fourth-order valence-corrected chi connectivity index (χ4v) is 2.73. The van der Waals surface area contributed by atoms with E-state index in [1.54, 1.807) is 0 Å². The quantitative estimate of drug-likeness (QED) is 0.664. The van der Waals surface area contributed by atoms with E-state index in [1.165, 1.54) is 18.0 Å². The van der Waals surface area contributed by atoms with Gasteiger partial charge >= 0.3 is 0 Å². The molecular formula is C22H24N4O. The maximum atomic E-state index is 12.5. The Bertz CT molecular complexity index is 902. The molecule has 1 heterocycles. The number of rotatable bonds is 6. The molecule has 1 amide bonds. The summed E-state index contributed by atoms with van der Waals surface area (Å²) in [5, 5.41) is 6.12. The highest BCUT2D eigenvalue weighted by Crippen LogP contribution is 2.24. The van der Waals surface area contributed by atoms with E-state index in [0.717, 1.165) is 16.8 Å². The Kier molecular flexibility index (Phi) is 5.81. The lowest BCUT2D eigenvalue weighted by Gasteiger charge is -2.13. The molecule has 0 radical (unpaired) electrons. The van der Waals surface area contributed by atoms with Crippen LogP contribution in [0.1, 0.15) is 46.8 Å². The number of anilines is 2. The molecule has 0 aliphatic heterocycles. The van der Waals surface area contributed by atoms with E-state index < -0.39 is 0 Å². The summed E-state index contributed by atoms with van der Waals surface area (Å²) in [6, 6.07) is 16.1. The van der Waals surface area contributed by atoms with Crippen molar-refractivity contribution in [1.82, 2.24) is 9.97 Å². The predicted molar refractivity (Wildman–Crippen MR) is 109 cm³/mol. The van der Waals surface area contributed by atoms with Crippen molar-refractivity contribution >= 4 is 17.5 Å². The zero-order valence-corrected chi connectivity index (χ0v) is 15.9. The molecule has 0 saturated carbocycles. The number of carbonyl (C=O) groups is 1. The first-order valence-corrected chi connectivity index (χ1v) is 9.04. The average Bonchev–Trinajstić information content (AvgIpc) is 2.68. The van der Waals surface area contributed by atoms with Crippen LogP contribution >= 0.6 is 0 Å². The summed E-state index contributed by atoms with van der Waals surface area (Å²) in [7, 11) is 0. The van der Waals surface area contributed by atoms with Gasteiger partial charge in [0.25, 0.3) is 5.91 Å². The predicted octanol–water partition coefficient (Wildman–Crippen LogP) is 4.77. The van der Waals surface area contributed by atoms with Crippen LogP contribution in [0.5, 0.6) is 0 Å². The van der Waals surface area contributed by atoms with Crippen molar-refractivity contribution in [3.05, 3.63) is 83.2 Å². The third kappa shape index (κ3) is 4.91. The zero-order chi connectivity index (χ0) is 19.2. The van der Waals surface area contributed by atoms with Crippen molar-refractivity contribution in [2.24, 2.45) is 0 Å². The molecule has 0 aliphatic carbocycles. The third-order valence-electron chi connectivity index (χ3n) is 4.32. The Hall–Kier alpha value is -3.21. The number of aromatic nitrogens is 2. The topological polar surface area (TPSA) is 66.9 Å². The normalized spacial score (nSPS) is 10.7. The summed E-state index contributed by atoms with van der Waals surface area (Å²) in [5.41, 5.74) is 4.72. The van der Waals surface area contributed by atoms with Crippen molar-refractivity contribution in [2.75, 3.05) is 10.6 Å². The smallest absolute Gasteiger partial charge is 0.258 e. The molecule has 0 fully saturated rings. The molecule has 0 bridgehead atoms. The summed E-state index contributed by atoms with van der Waals surface area (Å²) >= 11 is 0. The van der Waals surface area contributed by atoms with E-state index in [4.69, 9.17) is 0 Å². The van der Waals surface area contributed by atoms with Crippen LogP contribution in [0.4, 0.5) is 11.6 Å². The maximum Gasteiger partial charge on any atom is 0.258 e. The number of hydrogen-bond donors (Lipinski definition) is 2. The second-order valence-electron chi connectivity index (χ2n) is 6.83. The van der Waals surface area contributed by atoms with Crippen molar-refractivity contribution < 1.29 is 4.79 Å². The molecular weight excluding hydrogens is 336 g/mol. The lowest BCUT2D eigenvalue weighted by Crippen LogP contribution is -2.15. The van der Waals surface area contributed by atoms with Crippen LogP contribution in [0.3, 0.4) is 0 Å². The van der Waals surface area contributed by atoms with Gasteiger partial charge in [-0.25, -0.2) is 9.97 Å². The number of hydrogen-bond acceptors (Lipinski definition) is 4. The largest absolute Gasteiger partial charge is 0.350 e. The number of carbonyl (C=O) groups excluding carboxylic acids is 1. The number of nitrogens with zero attached hydrogens (tertiary/aromatic N) is 2. The lowest BCUT2D eigenvalue weighted by atomic mass is 10.0. The fourth-order valence-electron chi connectivity index (χ4n) is 2.73. The summed E-state index contributed by atoms with van der Waals surface area (Å²) in [5.74, 6) is 0.606. The number of amides is 1. The first-order chi connectivity index (χ1) is 13.0. The second-order valence-corrected chi connectivity index (χ2v) is 6.83. The summed E-state index contributed by atoms with van der Waals surface area (Å²) in [6.45, 7) is 6.89. The molecule has 27 heavy (non-hydrogen) atoms. The minimum Gasteiger partial charge on any atom is -0.350 e. The molecule has 1 aromatic heterocycles. The van der Waals surface area contributed by atoms with E-state index in [0.29, 0.717) is 24.0 Å². The van der Waals surface area contributed by atoms with Crippen molar-refractivity contribution in [1.29, 1.82) is 0 Å². The molecule has 0 unspecified atom stereocenters. The van der Waals surface area contributed by atoms with E-state index >= 15 is 0 Å². The summed E-state index contributed by atoms with van der Waals surface area (Å²) in [4.78, 5) is 21.0. The minimum atomic E-state index is -0.215. The average molecular weight is 360 g/mol. The molecule has 2 N–H and O–H groups in total. The molecule has 0 aliphatic rings. The lowest BCUT2D eigenvalue weighted by molar-refractivity contribution is 0.102. The number of nitrogens with one attached hydrogen (secondary N) is 2. The molecule has 0 spiro atoms. The van der Waals surface area contributed by atoms with Crippen LogP contribution in [-0.4, -0.2) is 15.9 Å². The Morgan fingerprint density at radius 1 is 1.00 bits per heavy atom. The van der Waals surface area contributed by atoms with E-state index in [-0.39, 0.29) is 5.91 Å². The summed E-state index contributed by atoms with van der Waals surface area (Å²) < 4.78 is 0. The van der Waals surface area contributed by atoms with Crippen LogP contribution in [-0.2, 0) is 6.54 Å². The third-order valence-corrected chi connectivity index (χ3v) is 4.32. The second kappa shape index (κ2) is 8.45. The standard InChI is InChI=1S/C22H24N4O/c1-15(2)19-6-4-5-7-20(19)26-21(27)18-13-24-22(25-14-18)23-12-17-10-8-16(3)9-11-17/h4-11,13-15H,12H2,1-3H3,(H,26,27)(H,23,24,25). The number of aryl methyl sites for hydroxylation is 1. The molecule has 3 rings (SSSR count). The molecule has 0 atom stereocenters. The van der Waals surface area contributed by atoms with Gasteiger partial charge in [-0.05, 0) is 30.0 Å². The molecule has 5 nitrogen and oxygen atoms in total. The van der Waals surface area contributed by atoms with E-state index in [1.807, 2.05) is 24.3 Å². The molecule has 138 valence electrons. The van der Waals surface area contributed by atoms with Gasteiger partial charge in [-0.15, -0.1) is 0 Å². The number of para-hydroxylation sites is 1. The van der Waals surface area contributed by atoms with E-state index in [2.05, 4.69) is 65.6 Å². The van der Waals surface area contributed by atoms with Crippen LogP contribution < -0.4 is 10.6 Å². The van der Waals surface area contributed by atoms with Gasteiger partial charge in [0, 0.05) is 24.6 Å². The minimum absolute atomic E-state index is 0.215. The molecule has 0 saturated heterocycles. The van der Waals surface area contributed by atoms with Gasteiger partial charge < -0.3 is 10.6 Å². The van der Waals surface area contributed by atoms with Gasteiger partial charge in [0.05, 0.1) is 5.56 Å². The molecule has 3 aromatic rings. The summed E-state index contributed by atoms with van der Waals surface area (Å²) in [6.07, 6.45) is 3.08. The maximum absolute atomic E-state index is 12.5. The first-order valence-electron chi connectivity index (χ1n) is 9.04. The van der Waals surface area contributed by atoms with Gasteiger partial charge in [0.2, 0.25) is 5.95 Å². The van der Waals surface area contributed by atoms with Crippen LogP contribution in [0, 0.1) is 6.92 Å². The van der Waals surface area contributed by atoms with Crippen molar-refractivity contribution in [3.8, 4) is 0 Å². The highest BCUT2D eigenvalue weighted by atomic mass is 16.1.